The lowest BCUT2D eigenvalue weighted by molar-refractivity contribution is 0.331. The molecule has 0 unspecified atom stereocenters. The highest BCUT2D eigenvalue weighted by molar-refractivity contribution is 7.21. The van der Waals surface area contributed by atoms with Gasteiger partial charge in [-0.3, -0.25) is 0 Å². The van der Waals surface area contributed by atoms with E-state index < -0.39 is 0 Å². The molecule has 1 aromatic heterocycles. The number of hydrogen-bond acceptors (Lipinski definition) is 4. The highest BCUT2D eigenvalue weighted by Crippen LogP contribution is 2.41. The number of fused-ring (bicyclic) bond motifs is 1. The van der Waals surface area contributed by atoms with E-state index in [-0.39, 0.29) is 6.61 Å². The molecule has 3 aromatic rings. The summed E-state index contributed by atoms with van der Waals surface area (Å²) in [6.07, 6.45) is 5.21. The van der Waals surface area contributed by atoms with Crippen LogP contribution in [-0.2, 0) is 0 Å². The minimum absolute atomic E-state index is 0.135. The molecule has 0 aliphatic heterocycles. The van der Waals surface area contributed by atoms with Gasteiger partial charge in [0.05, 0.1) is 22.3 Å². The Morgan fingerprint density at radius 2 is 2.14 bits per heavy atom. The Kier molecular flexibility index (Phi) is 4.19. The number of rotatable bonds is 4. The van der Waals surface area contributed by atoms with Crippen LogP contribution >= 0.6 is 22.9 Å². The van der Waals surface area contributed by atoms with Gasteiger partial charge in [-0.15, -0.1) is 17.8 Å². The second-order valence-electron chi connectivity index (χ2n) is 4.47. The van der Waals surface area contributed by atoms with Crippen molar-refractivity contribution in [2.75, 3.05) is 13.7 Å². The van der Waals surface area contributed by atoms with E-state index in [2.05, 4.69) is 10.9 Å². The number of methoxy groups -OCH3 is 1. The summed E-state index contributed by atoms with van der Waals surface area (Å²) in [5.74, 6) is 3.40. The number of terminal acetylenes is 1. The number of ether oxygens (including phenoxy) is 2. The van der Waals surface area contributed by atoms with Crippen molar-refractivity contribution in [2.24, 2.45) is 0 Å². The summed E-state index contributed by atoms with van der Waals surface area (Å²) in [7, 11) is 1.57. The fraction of sp³-hybridized carbons (Fsp3) is 0.118. The van der Waals surface area contributed by atoms with Crippen LogP contribution < -0.4 is 9.47 Å². The second-order valence-corrected chi connectivity index (χ2v) is 5.91. The van der Waals surface area contributed by atoms with E-state index in [9.17, 15) is 0 Å². The van der Waals surface area contributed by atoms with Gasteiger partial charge in [0.25, 0.3) is 0 Å². The Morgan fingerprint density at radius 1 is 1.32 bits per heavy atom. The molecule has 3 rings (SSSR count). The van der Waals surface area contributed by atoms with Crippen LogP contribution in [0.25, 0.3) is 20.8 Å². The van der Waals surface area contributed by atoms with Crippen LogP contribution in [0.15, 0.2) is 36.4 Å². The van der Waals surface area contributed by atoms with Gasteiger partial charge in [-0.2, -0.15) is 0 Å². The first-order valence-corrected chi connectivity index (χ1v) is 7.72. The highest BCUT2D eigenvalue weighted by Gasteiger charge is 2.15. The SMILES string of the molecule is C#CCOc1c(Cl)cc(-c2nc3ccccc3s2)cc1OC. The van der Waals surface area contributed by atoms with Crippen molar-refractivity contribution < 1.29 is 9.47 Å². The van der Waals surface area contributed by atoms with Crippen molar-refractivity contribution >= 4 is 33.2 Å². The Hall–Kier alpha value is -2.22. The fourth-order valence-corrected chi connectivity index (χ4v) is 3.31. The standard InChI is InChI=1S/C17H12ClNO2S/c1-3-8-21-16-12(18)9-11(10-14(16)20-2)17-19-13-6-4-5-7-15(13)22-17/h1,4-7,9-10H,8H2,2H3. The quantitative estimate of drug-likeness (QED) is 0.653. The number of benzene rings is 2. The van der Waals surface area contributed by atoms with Gasteiger partial charge in [-0.05, 0) is 24.3 Å². The maximum absolute atomic E-state index is 6.30. The zero-order valence-electron chi connectivity index (χ0n) is 11.8. The van der Waals surface area contributed by atoms with Crippen molar-refractivity contribution in [2.45, 2.75) is 0 Å². The third-order valence-corrected chi connectivity index (χ3v) is 4.44. The van der Waals surface area contributed by atoms with Gasteiger partial charge < -0.3 is 9.47 Å². The van der Waals surface area contributed by atoms with Gasteiger partial charge in [0.2, 0.25) is 0 Å². The van der Waals surface area contributed by atoms with E-state index in [4.69, 9.17) is 27.5 Å². The molecule has 110 valence electrons. The second kappa shape index (κ2) is 6.27. The van der Waals surface area contributed by atoms with Crippen molar-refractivity contribution in [3.8, 4) is 34.4 Å². The highest BCUT2D eigenvalue weighted by atomic mass is 35.5. The maximum atomic E-state index is 6.30. The van der Waals surface area contributed by atoms with E-state index in [1.165, 1.54) is 0 Å². The van der Waals surface area contributed by atoms with Crippen molar-refractivity contribution in [3.63, 3.8) is 0 Å². The van der Waals surface area contributed by atoms with E-state index in [0.717, 1.165) is 20.8 Å². The van der Waals surface area contributed by atoms with E-state index in [1.807, 2.05) is 36.4 Å². The molecule has 3 nitrogen and oxygen atoms in total. The maximum Gasteiger partial charge on any atom is 0.181 e. The molecule has 0 aliphatic rings. The molecule has 0 atom stereocenters. The molecule has 0 aliphatic carbocycles. The first kappa shape index (κ1) is 14.7. The molecule has 22 heavy (non-hydrogen) atoms. The summed E-state index contributed by atoms with van der Waals surface area (Å²) in [6, 6.07) is 11.7. The van der Waals surface area contributed by atoms with E-state index in [1.54, 1.807) is 18.4 Å². The predicted molar refractivity (Wildman–Crippen MR) is 90.9 cm³/mol. The van der Waals surface area contributed by atoms with Crippen LogP contribution in [0.2, 0.25) is 5.02 Å². The summed E-state index contributed by atoms with van der Waals surface area (Å²) in [5.41, 5.74) is 1.85. The Balaban J connectivity index is 2.07. The first-order valence-electron chi connectivity index (χ1n) is 6.52. The average Bonchev–Trinajstić information content (AvgIpc) is 2.97. The summed E-state index contributed by atoms with van der Waals surface area (Å²) in [6.45, 7) is 0.135. The lowest BCUT2D eigenvalue weighted by Gasteiger charge is -2.11. The largest absolute Gasteiger partial charge is 0.493 e. The molecule has 0 fully saturated rings. The van der Waals surface area contributed by atoms with Crippen LogP contribution in [0, 0.1) is 12.3 Å². The number of nitrogens with zero attached hydrogens (tertiary/aromatic N) is 1. The normalized spacial score (nSPS) is 10.4. The smallest absolute Gasteiger partial charge is 0.181 e. The van der Waals surface area contributed by atoms with E-state index >= 15 is 0 Å². The van der Waals surface area contributed by atoms with Crippen LogP contribution in [0.3, 0.4) is 0 Å². The molecular formula is C17H12ClNO2S. The van der Waals surface area contributed by atoms with Crippen LogP contribution in [-0.4, -0.2) is 18.7 Å². The molecule has 0 amide bonds. The molecule has 0 bridgehead atoms. The summed E-state index contributed by atoms with van der Waals surface area (Å²) >= 11 is 7.90. The van der Waals surface area contributed by atoms with Crippen LogP contribution in [0.4, 0.5) is 0 Å². The van der Waals surface area contributed by atoms with Gasteiger partial charge in [0, 0.05) is 5.56 Å². The molecule has 5 heteroatoms. The number of aromatic nitrogens is 1. The first-order chi connectivity index (χ1) is 10.7. The number of hydrogen-bond donors (Lipinski definition) is 0. The van der Waals surface area contributed by atoms with Crippen LogP contribution in [0.5, 0.6) is 11.5 Å². The molecule has 0 radical (unpaired) electrons. The van der Waals surface area contributed by atoms with E-state index in [0.29, 0.717) is 16.5 Å². The summed E-state index contributed by atoms with van der Waals surface area (Å²) < 4.78 is 11.9. The lowest BCUT2D eigenvalue weighted by Crippen LogP contribution is -1.98. The number of thiazole rings is 1. The summed E-state index contributed by atoms with van der Waals surface area (Å²) in [4.78, 5) is 4.62. The molecule has 0 spiro atoms. The zero-order chi connectivity index (χ0) is 15.5. The zero-order valence-corrected chi connectivity index (χ0v) is 13.4. The molecule has 0 saturated carbocycles. The Morgan fingerprint density at radius 3 is 2.86 bits per heavy atom. The topological polar surface area (TPSA) is 31.4 Å². The number of halogens is 1. The molecule has 0 N–H and O–H groups in total. The Bertz CT molecular complexity index is 834. The van der Waals surface area contributed by atoms with Crippen LogP contribution in [0.1, 0.15) is 0 Å². The van der Waals surface area contributed by atoms with Crippen molar-refractivity contribution in [1.82, 2.24) is 4.98 Å². The lowest BCUT2D eigenvalue weighted by atomic mass is 10.2. The van der Waals surface area contributed by atoms with Crippen molar-refractivity contribution in [1.29, 1.82) is 0 Å². The fourth-order valence-electron chi connectivity index (χ4n) is 2.09. The third kappa shape index (κ3) is 2.74. The minimum Gasteiger partial charge on any atom is -0.493 e. The molecule has 0 saturated heterocycles. The van der Waals surface area contributed by atoms with Gasteiger partial charge in [0.15, 0.2) is 11.5 Å². The molecule has 1 heterocycles. The van der Waals surface area contributed by atoms with Gasteiger partial charge in [0.1, 0.15) is 11.6 Å². The third-order valence-electron chi connectivity index (χ3n) is 3.07. The van der Waals surface area contributed by atoms with Gasteiger partial charge in [-0.25, -0.2) is 4.98 Å². The van der Waals surface area contributed by atoms with Gasteiger partial charge in [-0.1, -0.05) is 29.7 Å². The molecular weight excluding hydrogens is 318 g/mol. The Labute approximate surface area is 137 Å². The van der Waals surface area contributed by atoms with Crippen molar-refractivity contribution in [3.05, 3.63) is 41.4 Å². The monoisotopic (exact) mass is 329 g/mol. The average molecular weight is 330 g/mol. The molecule has 2 aromatic carbocycles. The summed E-state index contributed by atoms with van der Waals surface area (Å²) in [5, 5.41) is 1.33. The predicted octanol–water partition coefficient (Wildman–Crippen LogP) is 4.64. The minimum atomic E-state index is 0.135. The van der Waals surface area contributed by atoms with Gasteiger partial charge >= 0.3 is 0 Å². The number of para-hydroxylation sites is 1.